The van der Waals surface area contributed by atoms with E-state index in [1.165, 1.54) is 90.8 Å². The summed E-state index contributed by atoms with van der Waals surface area (Å²) in [5.74, 6) is 1.77. The first kappa shape index (κ1) is 38.7. The number of aromatic nitrogens is 1. The van der Waals surface area contributed by atoms with Crippen molar-refractivity contribution >= 4 is 28.5 Å². The van der Waals surface area contributed by atoms with Gasteiger partial charge in [-0.25, -0.2) is 0 Å². The summed E-state index contributed by atoms with van der Waals surface area (Å²) >= 11 is 0. The molecule has 1 aliphatic heterocycles. The van der Waals surface area contributed by atoms with Gasteiger partial charge in [-0.15, -0.1) is 0 Å². The largest absolute Gasteiger partial charge is 0.363 e. The fourth-order valence-corrected chi connectivity index (χ4v) is 11.1. The van der Waals surface area contributed by atoms with Crippen LogP contribution in [0.25, 0.3) is 44.9 Å². The smallest absolute Gasteiger partial charge is 0.125 e. The summed E-state index contributed by atoms with van der Waals surface area (Å²) in [6.07, 6.45) is 25.2. The number of nitrogens with zero attached hydrogens (tertiary/aromatic N) is 2. The predicted octanol–water partition coefficient (Wildman–Crippen LogP) is 15.0. The maximum atomic E-state index is 5.62. The number of hydrogen-bond acceptors (Lipinski definition) is 2. The van der Waals surface area contributed by atoms with Gasteiger partial charge in [0.1, 0.15) is 5.84 Å². The number of fused-ring (bicyclic) bond motifs is 6. The maximum Gasteiger partial charge on any atom is 0.125 e. The monoisotopic (exact) mass is 807 g/mol. The van der Waals surface area contributed by atoms with Gasteiger partial charge in [-0.1, -0.05) is 173 Å². The molecular formula is C59H57N3. The minimum absolute atomic E-state index is 0.0667. The molecule has 6 aromatic rings. The molecule has 0 amide bonds. The Kier molecular flexibility index (Phi) is 9.56. The Hall–Kier alpha value is -6.19. The van der Waals surface area contributed by atoms with Crippen LogP contribution in [0, 0.1) is 5.92 Å². The van der Waals surface area contributed by atoms with E-state index < -0.39 is 0 Å². The molecule has 4 aliphatic carbocycles. The Morgan fingerprint density at radius 3 is 1.87 bits per heavy atom. The molecule has 1 N–H and O–H groups in total. The highest BCUT2D eigenvalue weighted by Crippen LogP contribution is 2.51. The number of allylic oxidation sites excluding steroid dienone is 8. The Morgan fingerprint density at radius 1 is 0.613 bits per heavy atom. The van der Waals surface area contributed by atoms with Gasteiger partial charge >= 0.3 is 0 Å². The molecule has 62 heavy (non-hydrogen) atoms. The van der Waals surface area contributed by atoms with Crippen LogP contribution in [-0.4, -0.2) is 10.4 Å². The van der Waals surface area contributed by atoms with Gasteiger partial charge in [0.25, 0.3) is 0 Å². The van der Waals surface area contributed by atoms with Gasteiger partial charge in [-0.05, 0) is 129 Å². The van der Waals surface area contributed by atoms with Crippen molar-refractivity contribution in [3.05, 3.63) is 203 Å². The van der Waals surface area contributed by atoms with Crippen molar-refractivity contribution in [2.45, 2.75) is 95.1 Å². The molecule has 5 aliphatic rings. The van der Waals surface area contributed by atoms with Crippen molar-refractivity contribution in [3.63, 3.8) is 0 Å². The minimum Gasteiger partial charge on any atom is -0.363 e. The number of benzene rings is 5. The van der Waals surface area contributed by atoms with E-state index in [1.807, 2.05) is 0 Å². The van der Waals surface area contributed by atoms with Gasteiger partial charge in [-0.3, -0.25) is 4.99 Å². The van der Waals surface area contributed by atoms with E-state index in [9.17, 15) is 0 Å². The molecule has 2 heterocycles. The first-order valence-corrected chi connectivity index (χ1v) is 23.0. The van der Waals surface area contributed by atoms with Crippen molar-refractivity contribution in [3.8, 4) is 22.3 Å². The standard InChI is InChI=1S/C59H57N3/c1-58(2)35-36-59(3,4)51-38-55-49(37-50(51)58)56-48-18-12-11-17-43(48)29-34-54(56)62(55)47-30-27-46(28-31-47)57-60-52(44-23-19-41(20-24-44)39-13-7-5-8-14-39)32-33-53(61-57)45-25-21-42(22-26-45)40-15-9-6-10-16-40/h5-27,29-30,34,37-38,43,48,52-53H,28,31-33,35-36H2,1-4H3,(H,60,61). The zero-order valence-corrected chi connectivity index (χ0v) is 36.6. The van der Waals surface area contributed by atoms with Crippen molar-refractivity contribution in [1.82, 2.24) is 9.88 Å². The first-order chi connectivity index (χ1) is 30.2. The summed E-state index contributed by atoms with van der Waals surface area (Å²) in [6.45, 7) is 9.82. The van der Waals surface area contributed by atoms with Crippen LogP contribution in [-0.2, 0) is 10.8 Å². The molecule has 0 spiro atoms. The lowest BCUT2D eigenvalue weighted by Crippen LogP contribution is -2.33. The third-order valence-electron chi connectivity index (χ3n) is 14.9. The Labute approximate surface area is 368 Å². The van der Waals surface area contributed by atoms with Crippen LogP contribution in [0.3, 0.4) is 0 Å². The van der Waals surface area contributed by atoms with Gasteiger partial charge in [0.05, 0.1) is 23.3 Å². The lowest BCUT2D eigenvalue weighted by molar-refractivity contribution is 0.332. The fraction of sp³-hybridized carbons (Fsp3) is 0.271. The zero-order chi connectivity index (χ0) is 42.0. The molecule has 0 fully saturated rings. The predicted molar refractivity (Wildman–Crippen MR) is 261 cm³/mol. The zero-order valence-electron chi connectivity index (χ0n) is 36.6. The van der Waals surface area contributed by atoms with E-state index in [0.29, 0.717) is 11.8 Å². The minimum atomic E-state index is 0.0667. The molecule has 4 unspecified atom stereocenters. The van der Waals surface area contributed by atoms with Gasteiger partial charge in [-0.2, -0.15) is 0 Å². The Bertz CT molecular complexity index is 2860. The second-order valence-electron chi connectivity index (χ2n) is 19.6. The highest BCUT2D eigenvalue weighted by molar-refractivity contribution is 6.00. The summed E-state index contributed by atoms with van der Waals surface area (Å²) in [5.41, 5.74) is 17.7. The van der Waals surface area contributed by atoms with Crippen molar-refractivity contribution < 1.29 is 0 Å². The summed E-state index contributed by atoms with van der Waals surface area (Å²) in [5, 5.41) is 5.46. The quantitative estimate of drug-likeness (QED) is 0.178. The van der Waals surface area contributed by atoms with Crippen LogP contribution in [0.2, 0.25) is 0 Å². The third-order valence-corrected chi connectivity index (χ3v) is 14.9. The molecular weight excluding hydrogens is 751 g/mol. The molecule has 3 heteroatoms. The highest BCUT2D eigenvalue weighted by Gasteiger charge is 2.39. The summed E-state index contributed by atoms with van der Waals surface area (Å²) in [6, 6.07) is 45.1. The van der Waals surface area contributed by atoms with E-state index in [1.54, 1.807) is 0 Å². The molecule has 5 aromatic carbocycles. The number of rotatable bonds is 6. The van der Waals surface area contributed by atoms with Gasteiger partial charge in [0, 0.05) is 22.9 Å². The lowest BCUT2D eigenvalue weighted by atomic mass is 9.63. The second-order valence-corrected chi connectivity index (χ2v) is 19.6. The molecule has 0 saturated carbocycles. The van der Waals surface area contributed by atoms with Crippen LogP contribution < -0.4 is 5.32 Å². The van der Waals surface area contributed by atoms with Crippen molar-refractivity contribution in [2.75, 3.05) is 0 Å². The van der Waals surface area contributed by atoms with E-state index in [4.69, 9.17) is 4.99 Å². The maximum absolute atomic E-state index is 5.62. The molecule has 11 rings (SSSR count). The van der Waals surface area contributed by atoms with Crippen LogP contribution in [0.4, 0.5) is 0 Å². The van der Waals surface area contributed by atoms with E-state index in [2.05, 4.69) is 208 Å². The topological polar surface area (TPSA) is 29.3 Å². The third kappa shape index (κ3) is 6.87. The van der Waals surface area contributed by atoms with E-state index >= 15 is 0 Å². The molecule has 0 radical (unpaired) electrons. The number of nitrogens with one attached hydrogen (secondary N) is 1. The van der Waals surface area contributed by atoms with Gasteiger partial charge in [0.2, 0.25) is 0 Å². The van der Waals surface area contributed by atoms with Gasteiger partial charge < -0.3 is 9.88 Å². The van der Waals surface area contributed by atoms with Crippen LogP contribution in [0.15, 0.2) is 174 Å². The Balaban J connectivity index is 0.989. The first-order valence-electron chi connectivity index (χ1n) is 23.0. The lowest BCUT2D eigenvalue weighted by Gasteiger charge is -2.42. The average molecular weight is 808 g/mol. The number of hydrogen-bond donors (Lipinski definition) is 1. The second kappa shape index (κ2) is 15.3. The average Bonchev–Trinajstić information content (AvgIpc) is 3.48. The van der Waals surface area contributed by atoms with E-state index in [0.717, 1.165) is 31.5 Å². The molecule has 0 bridgehead atoms. The molecule has 0 saturated heterocycles. The van der Waals surface area contributed by atoms with Crippen LogP contribution >= 0.6 is 0 Å². The molecule has 3 nitrogen and oxygen atoms in total. The number of amidine groups is 1. The van der Waals surface area contributed by atoms with Crippen molar-refractivity contribution in [1.29, 1.82) is 0 Å². The van der Waals surface area contributed by atoms with E-state index in [-0.39, 0.29) is 22.9 Å². The normalized spacial score (nSPS) is 23.3. The number of aliphatic imine (C=N–C) groups is 1. The molecule has 4 atom stereocenters. The van der Waals surface area contributed by atoms with Crippen LogP contribution in [0.5, 0.6) is 0 Å². The Morgan fingerprint density at radius 2 is 1.23 bits per heavy atom. The highest BCUT2D eigenvalue weighted by atomic mass is 15.1. The summed E-state index contributed by atoms with van der Waals surface area (Å²) in [7, 11) is 0. The van der Waals surface area contributed by atoms with Crippen molar-refractivity contribution in [2.24, 2.45) is 10.9 Å². The summed E-state index contributed by atoms with van der Waals surface area (Å²) in [4.78, 5) is 5.62. The van der Waals surface area contributed by atoms with Gasteiger partial charge in [0.15, 0.2) is 0 Å². The molecule has 1 aromatic heterocycles. The molecule has 308 valence electrons. The van der Waals surface area contributed by atoms with Crippen LogP contribution in [0.1, 0.15) is 118 Å². The SMILES string of the molecule is CC1(C)CCC(C)(C)c2cc3c(cc21)c1c(n3C2=CC=C(C3=NC(c4ccc(-c5ccccc5)cc4)CCC(c4ccc(-c5ccccc5)cc4)N3)CC2)C=CC2C=CC=CC12. The summed E-state index contributed by atoms with van der Waals surface area (Å²) < 4.78 is 2.63. The fourth-order valence-electron chi connectivity index (χ4n) is 11.1.